The fourth-order valence-corrected chi connectivity index (χ4v) is 1.65. The number of carboxylic acid groups (broad SMARTS) is 1. The number of amidine groups is 1. The Morgan fingerprint density at radius 2 is 2.18 bits per heavy atom. The lowest BCUT2D eigenvalue weighted by molar-refractivity contribution is -0.144. The van der Waals surface area contributed by atoms with Gasteiger partial charge in [-0.3, -0.25) is 19.3 Å². The van der Waals surface area contributed by atoms with Gasteiger partial charge in [0.2, 0.25) is 0 Å². The summed E-state index contributed by atoms with van der Waals surface area (Å²) < 4.78 is 0. The van der Waals surface area contributed by atoms with Crippen molar-refractivity contribution in [2.75, 3.05) is 18.6 Å². The van der Waals surface area contributed by atoms with Gasteiger partial charge in [-0.2, -0.15) is 16.8 Å². The van der Waals surface area contributed by atoms with E-state index in [0.29, 0.717) is 12.2 Å². The van der Waals surface area contributed by atoms with Crippen LogP contribution in [-0.2, 0) is 14.4 Å². The molecule has 0 unspecified atom stereocenters. The van der Waals surface area contributed by atoms with Crippen molar-refractivity contribution < 1.29 is 19.5 Å². The van der Waals surface area contributed by atoms with Crippen molar-refractivity contribution >= 4 is 41.1 Å². The first kappa shape index (κ1) is 13.4. The molecular weight excluding hydrogens is 246 g/mol. The lowest BCUT2D eigenvalue weighted by Gasteiger charge is -2.15. The average Bonchev–Trinajstić information content (AvgIpc) is 2.53. The molecular formula is C9H11N3O4S. The Hall–Kier alpha value is -1.70. The molecule has 92 valence electrons. The Kier molecular flexibility index (Phi) is 4.38. The summed E-state index contributed by atoms with van der Waals surface area (Å²) in [7, 11) is 0. The predicted molar refractivity (Wildman–Crippen MR) is 62.5 cm³/mol. The largest absolute Gasteiger partial charge is 0.480 e. The van der Waals surface area contributed by atoms with E-state index in [1.165, 1.54) is 11.8 Å². The van der Waals surface area contributed by atoms with Crippen molar-refractivity contribution in [3.05, 3.63) is 0 Å². The fraction of sp³-hybridized carbons (Fsp3) is 0.444. The van der Waals surface area contributed by atoms with Gasteiger partial charge in [0.15, 0.2) is 5.84 Å². The van der Waals surface area contributed by atoms with Crippen molar-refractivity contribution in [2.24, 2.45) is 4.99 Å². The number of thioether (sulfide) groups is 1. The molecule has 0 saturated carbocycles. The topological polar surface area (TPSA) is 111 Å². The third-order valence-corrected chi connectivity index (χ3v) is 2.62. The van der Waals surface area contributed by atoms with Gasteiger partial charge in [-0.15, -0.1) is 0 Å². The van der Waals surface area contributed by atoms with Crippen LogP contribution in [0.2, 0.25) is 0 Å². The molecule has 1 aliphatic rings. The molecule has 1 rings (SSSR count). The Morgan fingerprint density at radius 3 is 2.71 bits per heavy atom. The highest BCUT2D eigenvalue weighted by atomic mass is 32.2. The Balaban J connectivity index is 2.83. The van der Waals surface area contributed by atoms with Gasteiger partial charge in [-0.05, 0) is 12.0 Å². The predicted octanol–water partition coefficient (Wildman–Crippen LogP) is -0.389. The minimum Gasteiger partial charge on any atom is -0.480 e. The SMILES string of the molecule is CSCCC(=N)C1=NC(=O)C(=O)N1CC(=O)O. The average molecular weight is 257 g/mol. The molecule has 0 bridgehead atoms. The first-order valence-corrected chi connectivity index (χ1v) is 6.09. The van der Waals surface area contributed by atoms with Crippen LogP contribution in [0.15, 0.2) is 4.99 Å². The molecule has 0 aromatic rings. The number of carbonyl (C=O) groups is 3. The number of carbonyl (C=O) groups excluding carboxylic acids is 2. The number of carboxylic acids is 1. The molecule has 0 aromatic carbocycles. The molecule has 0 atom stereocenters. The number of hydrogen-bond donors (Lipinski definition) is 2. The number of aliphatic carboxylic acids is 1. The van der Waals surface area contributed by atoms with E-state index in [1.54, 1.807) is 0 Å². The van der Waals surface area contributed by atoms with Crippen LogP contribution in [0.4, 0.5) is 0 Å². The maximum Gasteiger partial charge on any atom is 0.337 e. The summed E-state index contributed by atoms with van der Waals surface area (Å²) in [5.41, 5.74) is -0.000185. The first-order valence-electron chi connectivity index (χ1n) is 4.70. The molecule has 0 saturated heterocycles. The molecule has 0 radical (unpaired) electrons. The van der Waals surface area contributed by atoms with Crippen LogP contribution in [0.25, 0.3) is 0 Å². The summed E-state index contributed by atoms with van der Waals surface area (Å²) in [5.74, 6) is -2.76. The number of nitrogens with one attached hydrogen (secondary N) is 1. The second kappa shape index (κ2) is 5.58. The molecule has 0 fully saturated rings. The molecule has 8 heteroatoms. The summed E-state index contributed by atoms with van der Waals surface area (Å²) in [5, 5.41) is 16.3. The van der Waals surface area contributed by atoms with Gasteiger partial charge < -0.3 is 10.5 Å². The Labute approximate surface area is 101 Å². The van der Waals surface area contributed by atoms with Crippen LogP contribution in [0.5, 0.6) is 0 Å². The van der Waals surface area contributed by atoms with Crippen LogP contribution >= 0.6 is 11.8 Å². The van der Waals surface area contributed by atoms with E-state index < -0.39 is 24.3 Å². The zero-order valence-electron chi connectivity index (χ0n) is 9.10. The van der Waals surface area contributed by atoms with Crippen LogP contribution in [-0.4, -0.2) is 57.9 Å². The molecule has 0 aliphatic carbocycles. The summed E-state index contributed by atoms with van der Waals surface area (Å²) in [6, 6.07) is 0. The van der Waals surface area contributed by atoms with Crippen LogP contribution < -0.4 is 0 Å². The van der Waals surface area contributed by atoms with Crippen molar-refractivity contribution in [1.82, 2.24) is 4.90 Å². The van der Waals surface area contributed by atoms with Gasteiger partial charge in [0.25, 0.3) is 0 Å². The molecule has 2 amide bonds. The third-order valence-electron chi connectivity index (χ3n) is 2.01. The van der Waals surface area contributed by atoms with Gasteiger partial charge in [0, 0.05) is 6.42 Å². The van der Waals surface area contributed by atoms with Crippen molar-refractivity contribution in [1.29, 1.82) is 5.41 Å². The van der Waals surface area contributed by atoms with Crippen LogP contribution in [0, 0.1) is 5.41 Å². The maximum atomic E-state index is 11.3. The van der Waals surface area contributed by atoms with Gasteiger partial charge in [0.1, 0.15) is 6.54 Å². The molecule has 0 aromatic heterocycles. The normalized spacial score (nSPS) is 15.1. The number of aliphatic imine (C=N–C) groups is 1. The van der Waals surface area contributed by atoms with Crippen molar-refractivity contribution in [2.45, 2.75) is 6.42 Å². The fourth-order valence-electron chi connectivity index (χ4n) is 1.24. The molecule has 17 heavy (non-hydrogen) atoms. The van der Waals surface area contributed by atoms with Gasteiger partial charge in [-0.25, -0.2) is 0 Å². The highest BCUT2D eigenvalue weighted by Crippen LogP contribution is 2.09. The van der Waals surface area contributed by atoms with Gasteiger partial charge in [0.05, 0.1) is 5.71 Å². The standard InChI is InChI=1S/C9H11N3O4S/c1-17-3-2-5(10)7-11-8(15)9(16)12(7)4-6(13)14/h10H,2-4H2,1H3,(H,13,14). The highest BCUT2D eigenvalue weighted by Gasteiger charge is 2.36. The molecule has 0 spiro atoms. The summed E-state index contributed by atoms with van der Waals surface area (Å²) in [6.45, 7) is -0.648. The number of hydrogen-bond acceptors (Lipinski definition) is 5. The first-order chi connectivity index (χ1) is 7.97. The van der Waals surface area contributed by atoms with E-state index in [2.05, 4.69) is 4.99 Å². The molecule has 2 N–H and O–H groups in total. The Morgan fingerprint density at radius 1 is 1.53 bits per heavy atom. The summed E-state index contributed by atoms with van der Waals surface area (Å²) >= 11 is 1.50. The van der Waals surface area contributed by atoms with E-state index in [9.17, 15) is 14.4 Å². The molecule has 7 nitrogen and oxygen atoms in total. The van der Waals surface area contributed by atoms with E-state index in [-0.39, 0.29) is 11.5 Å². The number of amides is 2. The number of rotatable bonds is 6. The Bertz CT molecular complexity index is 418. The van der Waals surface area contributed by atoms with Crippen molar-refractivity contribution in [3.63, 3.8) is 0 Å². The smallest absolute Gasteiger partial charge is 0.337 e. The number of nitrogens with zero attached hydrogens (tertiary/aromatic N) is 2. The highest BCUT2D eigenvalue weighted by molar-refractivity contribution is 7.98. The minimum absolute atomic E-state index is 0.000185. The van der Waals surface area contributed by atoms with Gasteiger partial charge >= 0.3 is 17.8 Å². The van der Waals surface area contributed by atoms with E-state index in [4.69, 9.17) is 10.5 Å². The van der Waals surface area contributed by atoms with Crippen molar-refractivity contribution in [3.8, 4) is 0 Å². The van der Waals surface area contributed by atoms with Crippen LogP contribution in [0.3, 0.4) is 0 Å². The lowest BCUT2D eigenvalue weighted by Crippen LogP contribution is -2.41. The molecule has 1 heterocycles. The van der Waals surface area contributed by atoms with Crippen LogP contribution in [0.1, 0.15) is 6.42 Å². The van der Waals surface area contributed by atoms with E-state index in [1.807, 2.05) is 6.26 Å². The zero-order valence-corrected chi connectivity index (χ0v) is 9.91. The second-order valence-electron chi connectivity index (χ2n) is 3.25. The van der Waals surface area contributed by atoms with Gasteiger partial charge in [-0.1, -0.05) is 0 Å². The molecule has 1 aliphatic heterocycles. The lowest BCUT2D eigenvalue weighted by atomic mass is 10.2. The monoisotopic (exact) mass is 257 g/mol. The quantitative estimate of drug-likeness (QED) is 0.497. The zero-order chi connectivity index (χ0) is 13.0. The summed E-state index contributed by atoms with van der Waals surface area (Å²) in [4.78, 5) is 37.1. The van der Waals surface area contributed by atoms with E-state index >= 15 is 0 Å². The van der Waals surface area contributed by atoms with E-state index in [0.717, 1.165) is 4.90 Å². The third kappa shape index (κ3) is 3.13. The summed E-state index contributed by atoms with van der Waals surface area (Å²) in [6.07, 6.45) is 2.19. The maximum absolute atomic E-state index is 11.3. The minimum atomic E-state index is -1.25. The second-order valence-corrected chi connectivity index (χ2v) is 4.23.